The van der Waals surface area contributed by atoms with Crippen molar-refractivity contribution < 1.29 is 19.0 Å². The van der Waals surface area contributed by atoms with Crippen LogP contribution < -0.4 is 20.1 Å². The maximum atomic E-state index is 14.0. The molecule has 4 heterocycles. The molecule has 8 heteroatoms. The average molecular weight is 424 g/mol. The summed E-state index contributed by atoms with van der Waals surface area (Å²) in [4.78, 5) is 20.3. The number of anilines is 1. The fourth-order valence-electron chi connectivity index (χ4n) is 4.78. The normalized spacial score (nSPS) is 25.7. The third-order valence-corrected chi connectivity index (χ3v) is 6.32. The van der Waals surface area contributed by atoms with Crippen molar-refractivity contribution in [3.8, 4) is 11.5 Å². The van der Waals surface area contributed by atoms with Crippen molar-refractivity contribution >= 4 is 34.7 Å². The van der Waals surface area contributed by atoms with Crippen molar-refractivity contribution in [3.05, 3.63) is 59.4 Å². The fraction of sp³-hybridized carbons (Fsp3) is 0.273. The van der Waals surface area contributed by atoms with E-state index in [0.717, 1.165) is 16.8 Å². The zero-order valence-corrected chi connectivity index (χ0v) is 16.7. The summed E-state index contributed by atoms with van der Waals surface area (Å²) in [5, 5.41) is 0. The van der Waals surface area contributed by atoms with Crippen LogP contribution in [0.3, 0.4) is 0 Å². The van der Waals surface area contributed by atoms with Crippen molar-refractivity contribution in [1.29, 1.82) is 0 Å². The van der Waals surface area contributed by atoms with Crippen LogP contribution in [-0.2, 0) is 14.9 Å². The van der Waals surface area contributed by atoms with E-state index in [1.807, 2.05) is 36.4 Å². The van der Waals surface area contributed by atoms with E-state index in [1.165, 1.54) is 0 Å². The number of nitrogens with zero attached hydrogens (tertiary/aromatic N) is 2. The molecule has 2 atom stereocenters. The van der Waals surface area contributed by atoms with E-state index in [9.17, 15) is 4.79 Å². The number of halogens is 1. The molecule has 1 amide bonds. The number of carbonyl (C=O) groups is 1. The van der Waals surface area contributed by atoms with Gasteiger partial charge in [-0.25, -0.2) is 4.99 Å². The topological polar surface area (TPSA) is 86.4 Å². The molecule has 0 fully saturated rings. The van der Waals surface area contributed by atoms with Gasteiger partial charge in [0.1, 0.15) is 17.0 Å². The highest BCUT2D eigenvalue weighted by Gasteiger charge is 2.55. The van der Waals surface area contributed by atoms with E-state index in [-0.39, 0.29) is 18.3 Å². The van der Waals surface area contributed by atoms with Crippen molar-refractivity contribution in [2.45, 2.75) is 23.8 Å². The molecule has 4 aliphatic rings. The molecule has 0 aromatic heterocycles. The Labute approximate surface area is 177 Å². The lowest BCUT2D eigenvalue weighted by Gasteiger charge is -2.33. The molecule has 6 rings (SSSR count). The van der Waals surface area contributed by atoms with Crippen LogP contribution in [0.5, 0.6) is 11.5 Å². The molecule has 7 nitrogen and oxygen atoms in total. The lowest BCUT2D eigenvalue weighted by Crippen LogP contribution is -2.45. The summed E-state index contributed by atoms with van der Waals surface area (Å²) in [5.41, 5.74) is 8.03. The Bertz CT molecular complexity index is 1160. The molecule has 0 bridgehead atoms. The van der Waals surface area contributed by atoms with Crippen LogP contribution >= 0.6 is 11.6 Å². The van der Waals surface area contributed by atoms with Gasteiger partial charge >= 0.3 is 0 Å². The summed E-state index contributed by atoms with van der Waals surface area (Å²) in [6, 6.07) is 11.5. The maximum absolute atomic E-state index is 14.0. The number of nitrogens with two attached hydrogens (primary N) is 1. The summed E-state index contributed by atoms with van der Waals surface area (Å²) in [6.45, 7) is 0.462. The van der Waals surface area contributed by atoms with Gasteiger partial charge in [0.25, 0.3) is 0 Å². The quantitative estimate of drug-likeness (QED) is 0.749. The monoisotopic (exact) mass is 423 g/mol. The van der Waals surface area contributed by atoms with Gasteiger partial charge in [-0.3, -0.25) is 4.79 Å². The average Bonchev–Trinajstić information content (AvgIpc) is 3.42. The van der Waals surface area contributed by atoms with E-state index < -0.39 is 5.41 Å². The summed E-state index contributed by atoms with van der Waals surface area (Å²) in [6.07, 6.45) is 2.85. The number of ether oxygens (including phenoxy) is 3. The zero-order valence-electron chi connectivity index (χ0n) is 15.9. The van der Waals surface area contributed by atoms with Gasteiger partial charge in [0.05, 0.1) is 12.2 Å². The molecule has 2 aromatic rings. The first-order valence-electron chi connectivity index (χ1n) is 9.74. The van der Waals surface area contributed by atoms with Gasteiger partial charge in [0.15, 0.2) is 17.1 Å². The molecule has 1 spiro atoms. The Morgan fingerprint density at radius 3 is 2.80 bits per heavy atom. The Hall–Kier alpha value is -3.19. The van der Waals surface area contributed by atoms with Crippen LogP contribution in [0, 0.1) is 0 Å². The fourth-order valence-corrected chi connectivity index (χ4v) is 4.99. The van der Waals surface area contributed by atoms with Crippen molar-refractivity contribution in [1.82, 2.24) is 0 Å². The van der Waals surface area contributed by atoms with Gasteiger partial charge in [-0.05, 0) is 23.8 Å². The third-order valence-electron chi connectivity index (χ3n) is 6.05. The number of hydrogen-bond acceptors (Lipinski definition) is 6. The number of carbonyl (C=O) groups excluding carboxylic acids is 1. The van der Waals surface area contributed by atoms with E-state index >= 15 is 0 Å². The largest absolute Gasteiger partial charge is 0.477 e. The summed E-state index contributed by atoms with van der Waals surface area (Å²) in [5.74, 6) is 2.25. The minimum atomic E-state index is -0.974. The third kappa shape index (κ3) is 2.32. The number of rotatable bonds is 2. The minimum Gasteiger partial charge on any atom is -0.477 e. The number of benzene rings is 2. The molecule has 2 N–H and O–H groups in total. The summed E-state index contributed by atoms with van der Waals surface area (Å²) in [7, 11) is 0. The molecule has 0 saturated carbocycles. The van der Waals surface area contributed by atoms with Crippen LogP contribution in [0.15, 0.2) is 53.2 Å². The number of fused-ring (bicyclic) bond motifs is 5. The molecule has 152 valence electrons. The second-order valence-electron chi connectivity index (χ2n) is 7.75. The highest BCUT2D eigenvalue weighted by Crippen LogP contribution is 2.55. The van der Waals surface area contributed by atoms with Gasteiger partial charge < -0.3 is 24.8 Å². The highest BCUT2D eigenvalue weighted by atomic mass is 35.5. The highest BCUT2D eigenvalue weighted by molar-refractivity contribution is 6.20. The molecule has 0 aliphatic carbocycles. The number of hydrogen-bond donors (Lipinski definition) is 1. The van der Waals surface area contributed by atoms with Crippen molar-refractivity contribution in [3.63, 3.8) is 0 Å². The minimum absolute atomic E-state index is 0.0656. The van der Waals surface area contributed by atoms with E-state index in [4.69, 9.17) is 31.5 Å². The molecule has 0 saturated heterocycles. The van der Waals surface area contributed by atoms with E-state index in [0.29, 0.717) is 48.2 Å². The Morgan fingerprint density at radius 2 is 2.00 bits per heavy atom. The molecular formula is C22H18ClN3O4. The predicted octanol–water partition coefficient (Wildman–Crippen LogP) is 3.31. The van der Waals surface area contributed by atoms with Gasteiger partial charge in [0.2, 0.25) is 12.7 Å². The van der Waals surface area contributed by atoms with Gasteiger partial charge in [-0.2, -0.15) is 0 Å². The first kappa shape index (κ1) is 17.7. The zero-order chi connectivity index (χ0) is 20.5. The number of amides is 1. The SMILES string of the molecule is NC1=Nc2cc3c(cc2C2(C1)C(=O)N(CC1=CCC(Cl)O1)c1ccccc12)OCO3. The first-order valence-corrected chi connectivity index (χ1v) is 10.2. The standard InChI is InChI=1S/C22H18ClN3O4/c23-19-6-5-12(30-19)10-26-16-4-2-1-3-13(16)22(21(26)27)9-20(24)25-15-8-18-17(7-14(15)22)28-11-29-18/h1-5,7-8,19H,6,9-11H2,(H2,24,25). The van der Waals surface area contributed by atoms with Gasteiger partial charge in [0, 0.05) is 30.2 Å². The molecular weight excluding hydrogens is 406 g/mol. The molecule has 4 aliphatic heterocycles. The number of amidine groups is 1. The van der Waals surface area contributed by atoms with Crippen molar-refractivity contribution in [2.75, 3.05) is 18.2 Å². The van der Waals surface area contributed by atoms with E-state index in [1.54, 1.807) is 11.0 Å². The molecule has 2 unspecified atom stereocenters. The summed E-state index contributed by atoms with van der Waals surface area (Å²) >= 11 is 6.08. The van der Waals surface area contributed by atoms with Crippen LogP contribution in [0.1, 0.15) is 24.0 Å². The molecule has 0 radical (unpaired) electrons. The smallest absolute Gasteiger partial charge is 0.243 e. The first-order chi connectivity index (χ1) is 14.6. The van der Waals surface area contributed by atoms with Crippen LogP contribution in [0.25, 0.3) is 0 Å². The lowest BCUT2D eigenvalue weighted by molar-refractivity contribution is -0.121. The maximum Gasteiger partial charge on any atom is 0.243 e. The summed E-state index contributed by atoms with van der Waals surface area (Å²) < 4.78 is 16.8. The van der Waals surface area contributed by atoms with Crippen LogP contribution in [-0.4, -0.2) is 30.6 Å². The molecule has 2 aromatic carbocycles. The van der Waals surface area contributed by atoms with Gasteiger partial charge in [-0.15, -0.1) is 0 Å². The Kier molecular flexibility index (Phi) is 3.62. The van der Waals surface area contributed by atoms with Crippen LogP contribution in [0.2, 0.25) is 0 Å². The number of alkyl halides is 1. The second-order valence-corrected chi connectivity index (χ2v) is 8.24. The second kappa shape index (κ2) is 6.15. The van der Waals surface area contributed by atoms with Gasteiger partial charge in [-0.1, -0.05) is 29.8 Å². The Morgan fingerprint density at radius 1 is 1.20 bits per heavy atom. The van der Waals surface area contributed by atoms with Crippen LogP contribution in [0.4, 0.5) is 11.4 Å². The number of aliphatic imine (C=N–C) groups is 1. The predicted molar refractivity (Wildman–Crippen MR) is 111 cm³/mol. The molecule has 30 heavy (non-hydrogen) atoms. The van der Waals surface area contributed by atoms with Crippen molar-refractivity contribution in [2.24, 2.45) is 10.7 Å². The van der Waals surface area contributed by atoms with E-state index in [2.05, 4.69) is 4.99 Å². The Balaban J connectivity index is 1.53. The number of para-hydroxylation sites is 1. The lowest BCUT2D eigenvalue weighted by atomic mass is 9.70.